The van der Waals surface area contributed by atoms with Crippen LogP contribution in [-0.2, 0) is 9.53 Å². The van der Waals surface area contributed by atoms with Crippen LogP contribution in [0.2, 0.25) is 0 Å². The summed E-state index contributed by atoms with van der Waals surface area (Å²) in [5.74, 6) is -0.468. The van der Waals surface area contributed by atoms with Crippen LogP contribution in [0.5, 0.6) is 5.75 Å². The minimum Gasteiger partial charge on any atom is -0.497 e. The van der Waals surface area contributed by atoms with Crippen LogP contribution in [0.15, 0.2) is 60.7 Å². The predicted molar refractivity (Wildman–Crippen MR) is 98.2 cm³/mol. The van der Waals surface area contributed by atoms with E-state index in [0.29, 0.717) is 17.0 Å². The van der Waals surface area contributed by atoms with Gasteiger partial charge in [0.2, 0.25) is 0 Å². The highest BCUT2D eigenvalue weighted by Gasteiger charge is 2.20. The molecule has 1 unspecified atom stereocenters. The zero-order valence-electron chi connectivity index (χ0n) is 14.4. The SMILES string of the molecule is COc1cccc(NC(=O)C(C)OC(=O)c2ccc3ccccc3n2)c1. The monoisotopic (exact) mass is 350 g/mol. The topological polar surface area (TPSA) is 77.5 Å². The van der Waals surface area contributed by atoms with E-state index in [0.717, 1.165) is 5.39 Å². The Bertz CT molecular complexity index is 955. The van der Waals surface area contributed by atoms with E-state index in [1.165, 1.54) is 6.92 Å². The average molecular weight is 350 g/mol. The van der Waals surface area contributed by atoms with Gasteiger partial charge < -0.3 is 14.8 Å². The summed E-state index contributed by atoms with van der Waals surface area (Å²) < 4.78 is 10.3. The fraction of sp³-hybridized carbons (Fsp3) is 0.150. The normalized spacial score (nSPS) is 11.6. The van der Waals surface area contributed by atoms with Crippen molar-refractivity contribution in [2.75, 3.05) is 12.4 Å². The Labute approximate surface area is 150 Å². The van der Waals surface area contributed by atoms with Gasteiger partial charge in [-0.3, -0.25) is 4.79 Å². The molecule has 0 aliphatic heterocycles. The number of hydrogen-bond donors (Lipinski definition) is 1. The average Bonchev–Trinajstić information content (AvgIpc) is 2.67. The fourth-order valence-corrected chi connectivity index (χ4v) is 2.40. The first kappa shape index (κ1) is 17.4. The second-order valence-electron chi connectivity index (χ2n) is 5.66. The molecular formula is C20H18N2O4. The number of rotatable bonds is 5. The lowest BCUT2D eigenvalue weighted by Gasteiger charge is -2.14. The summed E-state index contributed by atoms with van der Waals surface area (Å²) in [7, 11) is 1.54. The first-order chi connectivity index (χ1) is 12.6. The van der Waals surface area contributed by atoms with E-state index in [4.69, 9.17) is 9.47 Å². The number of pyridine rings is 1. The summed E-state index contributed by atoms with van der Waals surface area (Å²) in [6, 6.07) is 17.7. The molecule has 0 saturated heterocycles. The second kappa shape index (κ2) is 7.65. The maximum atomic E-state index is 12.3. The number of amides is 1. The van der Waals surface area contributed by atoms with Gasteiger partial charge in [-0.25, -0.2) is 9.78 Å². The Morgan fingerprint density at radius 3 is 2.65 bits per heavy atom. The van der Waals surface area contributed by atoms with Crippen molar-refractivity contribution < 1.29 is 19.1 Å². The minimum absolute atomic E-state index is 0.157. The van der Waals surface area contributed by atoms with Gasteiger partial charge in [0.05, 0.1) is 12.6 Å². The van der Waals surface area contributed by atoms with E-state index in [-0.39, 0.29) is 5.69 Å². The lowest BCUT2D eigenvalue weighted by atomic mass is 10.2. The smallest absolute Gasteiger partial charge is 0.357 e. The largest absolute Gasteiger partial charge is 0.497 e. The zero-order chi connectivity index (χ0) is 18.5. The quantitative estimate of drug-likeness (QED) is 0.713. The zero-order valence-corrected chi connectivity index (χ0v) is 14.4. The molecule has 2 aromatic carbocycles. The lowest BCUT2D eigenvalue weighted by Crippen LogP contribution is -2.30. The van der Waals surface area contributed by atoms with Gasteiger partial charge in [-0.1, -0.05) is 30.3 Å². The van der Waals surface area contributed by atoms with Crippen molar-refractivity contribution in [2.24, 2.45) is 0 Å². The molecule has 0 aliphatic carbocycles. The van der Waals surface area contributed by atoms with Gasteiger partial charge in [-0.15, -0.1) is 0 Å². The van der Waals surface area contributed by atoms with E-state index in [2.05, 4.69) is 10.3 Å². The number of carbonyl (C=O) groups is 2. The summed E-state index contributed by atoms with van der Waals surface area (Å²) in [5.41, 5.74) is 1.40. The highest BCUT2D eigenvalue weighted by Crippen LogP contribution is 2.17. The third-order valence-electron chi connectivity index (χ3n) is 3.80. The van der Waals surface area contributed by atoms with E-state index in [1.54, 1.807) is 43.5 Å². The number of aromatic nitrogens is 1. The molecule has 3 aromatic rings. The van der Waals surface area contributed by atoms with Crippen LogP contribution < -0.4 is 10.1 Å². The van der Waals surface area contributed by atoms with E-state index in [9.17, 15) is 9.59 Å². The molecule has 0 bridgehead atoms. The Kier molecular flexibility index (Phi) is 5.12. The molecule has 6 nitrogen and oxygen atoms in total. The Morgan fingerprint density at radius 1 is 1.04 bits per heavy atom. The molecule has 1 N–H and O–H groups in total. The van der Waals surface area contributed by atoms with Gasteiger partial charge in [0.25, 0.3) is 5.91 Å². The molecule has 1 atom stereocenters. The standard InChI is InChI=1S/C20H18N2O4/c1-13(19(23)21-15-7-5-8-16(12-15)25-2)26-20(24)18-11-10-14-6-3-4-9-17(14)22-18/h3-13H,1-2H3,(H,21,23). The number of para-hydroxylation sites is 1. The summed E-state index contributed by atoms with van der Waals surface area (Å²) >= 11 is 0. The van der Waals surface area contributed by atoms with Crippen molar-refractivity contribution in [1.82, 2.24) is 4.98 Å². The van der Waals surface area contributed by atoms with Gasteiger partial charge >= 0.3 is 5.97 Å². The first-order valence-electron chi connectivity index (χ1n) is 8.08. The molecule has 3 rings (SSSR count). The van der Waals surface area contributed by atoms with Crippen LogP contribution >= 0.6 is 0 Å². The molecule has 0 fully saturated rings. The predicted octanol–water partition coefficient (Wildman–Crippen LogP) is 3.43. The fourth-order valence-electron chi connectivity index (χ4n) is 2.40. The Morgan fingerprint density at radius 2 is 1.85 bits per heavy atom. The summed E-state index contributed by atoms with van der Waals surface area (Å²) in [4.78, 5) is 28.8. The van der Waals surface area contributed by atoms with Gasteiger partial charge in [-0.05, 0) is 31.2 Å². The van der Waals surface area contributed by atoms with Gasteiger partial charge in [0, 0.05) is 17.1 Å². The lowest BCUT2D eigenvalue weighted by molar-refractivity contribution is -0.123. The highest BCUT2D eigenvalue weighted by atomic mass is 16.5. The van der Waals surface area contributed by atoms with Crippen molar-refractivity contribution in [3.8, 4) is 5.75 Å². The third kappa shape index (κ3) is 3.97. The third-order valence-corrected chi connectivity index (χ3v) is 3.80. The van der Waals surface area contributed by atoms with Crippen LogP contribution in [0.3, 0.4) is 0 Å². The number of carbonyl (C=O) groups excluding carboxylic acids is 2. The molecule has 6 heteroatoms. The number of methoxy groups -OCH3 is 1. The summed E-state index contributed by atoms with van der Waals surface area (Å²) in [6.07, 6.45) is -0.970. The number of anilines is 1. The van der Waals surface area contributed by atoms with E-state index in [1.807, 2.05) is 24.3 Å². The number of ether oxygens (including phenoxy) is 2. The van der Waals surface area contributed by atoms with Crippen LogP contribution in [0.4, 0.5) is 5.69 Å². The molecule has 0 saturated carbocycles. The van der Waals surface area contributed by atoms with Gasteiger partial charge in [0.1, 0.15) is 11.4 Å². The number of fused-ring (bicyclic) bond motifs is 1. The molecule has 0 aliphatic rings. The number of esters is 1. The van der Waals surface area contributed by atoms with Crippen molar-refractivity contribution in [2.45, 2.75) is 13.0 Å². The van der Waals surface area contributed by atoms with Gasteiger partial charge in [0.15, 0.2) is 6.10 Å². The van der Waals surface area contributed by atoms with Crippen molar-refractivity contribution in [1.29, 1.82) is 0 Å². The van der Waals surface area contributed by atoms with Crippen molar-refractivity contribution in [3.05, 3.63) is 66.4 Å². The van der Waals surface area contributed by atoms with E-state index >= 15 is 0 Å². The molecular weight excluding hydrogens is 332 g/mol. The molecule has 0 spiro atoms. The Balaban J connectivity index is 1.66. The molecule has 0 radical (unpaired) electrons. The maximum absolute atomic E-state index is 12.3. The number of nitrogens with one attached hydrogen (secondary N) is 1. The first-order valence-corrected chi connectivity index (χ1v) is 8.08. The van der Waals surface area contributed by atoms with Crippen LogP contribution in [0, 0.1) is 0 Å². The van der Waals surface area contributed by atoms with Crippen LogP contribution in [0.1, 0.15) is 17.4 Å². The molecule has 1 amide bonds. The molecule has 132 valence electrons. The second-order valence-corrected chi connectivity index (χ2v) is 5.66. The molecule has 26 heavy (non-hydrogen) atoms. The van der Waals surface area contributed by atoms with E-state index < -0.39 is 18.0 Å². The molecule has 1 aromatic heterocycles. The Hall–Kier alpha value is -3.41. The molecule has 1 heterocycles. The maximum Gasteiger partial charge on any atom is 0.357 e. The van der Waals surface area contributed by atoms with Crippen LogP contribution in [-0.4, -0.2) is 30.1 Å². The highest BCUT2D eigenvalue weighted by molar-refractivity contribution is 5.97. The minimum atomic E-state index is -0.970. The van der Waals surface area contributed by atoms with Crippen molar-refractivity contribution >= 4 is 28.5 Å². The van der Waals surface area contributed by atoms with Gasteiger partial charge in [-0.2, -0.15) is 0 Å². The number of benzene rings is 2. The summed E-state index contributed by atoms with van der Waals surface area (Å²) in [6.45, 7) is 1.51. The van der Waals surface area contributed by atoms with Crippen LogP contribution in [0.25, 0.3) is 10.9 Å². The number of nitrogens with zero attached hydrogens (tertiary/aromatic N) is 1. The summed E-state index contributed by atoms with van der Waals surface area (Å²) in [5, 5.41) is 3.61. The number of hydrogen-bond acceptors (Lipinski definition) is 5. The van der Waals surface area contributed by atoms with Crippen molar-refractivity contribution in [3.63, 3.8) is 0 Å².